The lowest BCUT2D eigenvalue weighted by atomic mass is 9.85. The average Bonchev–Trinajstić information content (AvgIpc) is 2.77. The maximum absolute atomic E-state index is 13.2. The van der Waals surface area contributed by atoms with Crippen LogP contribution in [0.25, 0.3) is 0 Å². The Morgan fingerprint density at radius 1 is 1.00 bits per heavy atom. The van der Waals surface area contributed by atoms with E-state index in [1.165, 1.54) is 18.2 Å². The predicted octanol–water partition coefficient (Wildman–Crippen LogP) is 4.32. The Kier molecular flexibility index (Phi) is 3.50. The van der Waals surface area contributed by atoms with Crippen molar-refractivity contribution in [3.63, 3.8) is 0 Å². The zero-order chi connectivity index (χ0) is 16.8. The molecular weight excluding hydrogens is 322 g/mol. The summed E-state index contributed by atoms with van der Waals surface area (Å²) in [6.07, 6.45) is -0.775. The number of hydrogen-bond donors (Lipinski definition) is 1. The molecule has 23 heavy (non-hydrogen) atoms. The fourth-order valence-corrected chi connectivity index (χ4v) is 2.75. The number of nitrogens with one attached hydrogen (secondary N) is 1. The smallest absolute Gasteiger partial charge is 0.273 e. The summed E-state index contributed by atoms with van der Waals surface area (Å²) in [7, 11) is 0. The molecule has 0 fully saturated rings. The van der Waals surface area contributed by atoms with E-state index in [1.54, 1.807) is 17.6 Å². The standard InChI is InChI=1S/C15H10F6N2/c16-14(17,18)12-10-6-5-8-3-1-2-4-9(7-8)11(10)13(23-22-12)15(19,20)21/h1-6,10,23H,7H2. The molecule has 1 aliphatic heterocycles. The Balaban J connectivity index is 2.23. The molecule has 8 heteroatoms. The molecule has 2 nitrogen and oxygen atoms in total. The van der Waals surface area contributed by atoms with Crippen molar-refractivity contribution in [2.75, 3.05) is 0 Å². The van der Waals surface area contributed by atoms with Crippen LogP contribution in [0.2, 0.25) is 0 Å². The molecule has 0 amide bonds. The minimum Gasteiger partial charge on any atom is -0.273 e. The van der Waals surface area contributed by atoms with Gasteiger partial charge in [-0.3, -0.25) is 5.43 Å². The minimum atomic E-state index is -4.83. The molecule has 1 heterocycles. The van der Waals surface area contributed by atoms with E-state index in [4.69, 9.17) is 0 Å². The summed E-state index contributed by atoms with van der Waals surface area (Å²) in [4.78, 5) is 0. The second-order valence-corrected chi connectivity index (χ2v) is 5.22. The number of hydrogen-bond acceptors (Lipinski definition) is 2. The van der Waals surface area contributed by atoms with Crippen LogP contribution in [-0.4, -0.2) is 18.1 Å². The van der Waals surface area contributed by atoms with Crippen LogP contribution in [0.1, 0.15) is 6.42 Å². The van der Waals surface area contributed by atoms with E-state index in [1.807, 2.05) is 0 Å². The first-order valence-electron chi connectivity index (χ1n) is 6.65. The maximum atomic E-state index is 13.2. The minimum absolute atomic E-state index is 0.127. The van der Waals surface area contributed by atoms with Gasteiger partial charge in [-0.25, -0.2) is 0 Å². The number of nitrogens with zero attached hydrogens (tertiary/aromatic N) is 1. The lowest BCUT2D eigenvalue weighted by Crippen LogP contribution is -2.40. The number of allylic oxidation sites excluding steroid dienone is 10. The van der Waals surface area contributed by atoms with Crippen LogP contribution in [-0.2, 0) is 0 Å². The Labute approximate surface area is 127 Å². The fourth-order valence-electron chi connectivity index (χ4n) is 2.75. The summed E-state index contributed by atoms with van der Waals surface area (Å²) in [5.41, 5.74) is -0.560. The van der Waals surface area contributed by atoms with Crippen molar-refractivity contribution in [3.05, 3.63) is 58.9 Å². The monoisotopic (exact) mass is 332 g/mol. The zero-order valence-electron chi connectivity index (χ0n) is 11.5. The topological polar surface area (TPSA) is 24.4 Å². The fraction of sp³-hybridized carbons (Fsp3) is 0.267. The Morgan fingerprint density at radius 3 is 2.35 bits per heavy atom. The van der Waals surface area contributed by atoms with E-state index in [-0.39, 0.29) is 12.0 Å². The molecule has 122 valence electrons. The van der Waals surface area contributed by atoms with Gasteiger partial charge in [0.15, 0.2) is 5.71 Å². The molecule has 0 saturated carbocycles. The lowest BCUT2D eigenvalue weighted by molar-refractivity contribution is -0.0993. The van der Waals surface area contributed by atoms with E-state index in [9.17, 15) is 26.3 Å². The second kappa shape index (κ2) is 5.14. The highest BCUT2D eigenvalue weighted by molar-refractivity contribution is 5.97. The van der Waals surface area contributed by atoms with Crippen molar-refractivity contribution >= 4 is 5.71 Å². The molecule has 1 N–H and O–H groups in total. The van der Waals surface area contributed by atoms with Crippen LogP contribution in [0, 0.1) is 5.92 Å². The molecule has 0 aromatic heterocycles. The quantitative estimate of drug-likeness (QED) is 0.656. The first kappa shape index (κ1) is 15.6. The van der Waals surface area contributed by atoms with E-state index >= 15 is 0 Å². The number of halogens is 6. The van der Waals surface area contributed by atoms with Gasteiger partial charge < -0.3 is 0 Å². The van der Waals surface area contributed by atoms with Crippen LogP contribution in [0.4, 0.5) is 26.3 Å². The lowest BCUT2D eigenvalue weighted by Gasteiger charge is -2.29. The molecule has 3 aliphatic rings. The highest BCUT2D eigenvalue weighted by Gasteiger charge is 2.49. The van der Waals surface area contributed by atoms with Crippen LogP contribution in [0.5, 0.6) is 0 Å². The maximum Gasteiger partial charge on any atom is 0.433 e. The predicted molar refractivity (Wildman–Crippen MR) is 72.3 cm³/mol. The highest BCUT2D eigenvalue weighted by atomic mass is 19.4. The Morgan fingerprint density at radius 2 is 1.70 bits per heavy atom. The van der Waals surface area contributed by atoms with Gasteiger partial charge in [0.2, 0.25) is 0 Å². The molecule has 2 bridgehead atoms. The Hall–Kier alpha value is -2.25. The molecule has 1 unspecified atom stereocenters. The molecule has 0 radical (unpaired) electrons. The first-order valence-corrected chi connectivity index (χ1v) is 6.65. The van der Waals surface area contributed by atoms with E-state index in [2.05, 4.69) is 5.10 Å². The van der Waals surface area contributed by atoms with Crippen molar-refractivity contribution < 1.29 is 26.3 Å². The third-order valence-electron chi connectivity index (χ3n) is 3.70. The van der Waals surface area contributed by atoms with Gasteiger partial charge in [0.1, 0.15) is 5.70 Å². The molecule has 1 atom stereocenters. The van der Waals surface area contributed by atoms with Crippen molar-refractivity contribution in [1.82, 2.24) is 5.43 Å². The van der Waals surface area contributed by atoms with Crippen molar-refractivity contribution in [2.45, 2.75) is 18.8 Å². The molecule has 3 rings (SSSR count). The summed E-state index contributed by atoms with van der Waals surface area (Å²) < 4.78 is 79.1. The van der Waals surface area contributed by atoms with Gasteiger partial charge in [0, 0.05) is 0 Å². The van der Waals surface area contributed by atoms with Gasteiger partial charge >= 0.3 is 12.4 Å². The summed E-state index contributed by atoms with van der Waals surface area (Å²) >= 11 is 0. The van der Waals surface area contributed by atoms with Crippen LogP contribution in [0.15, 0.2) is 64.0 Å². The molecule has 0 aromatic rings. The van der Waals surface area contributed by atoms with E-state index < -0.39 is 35.3 Å². The van der Waals surface area contributed by atoms with Gasteiger partial charge in [0.05, 0.1) is 5.92 Å². The molecular formula is C15H10F6N2. The van der Waals surface area contributed by atoms with Gasteiger partial charge in [-0.2, -0.15) is 31.4 Å². The summed E-state index contributed by atoms with van der Waals surface area (Å²) in [6.45, 7) is 0. The number of rotatable bonds is 0. The SMILES string of the molecule is FC(F)(F)C1=NNC(C(F)(F)F)=C2C3=CC=CC=C(C=CC12)C3. The van der Waals surface area contributed by atoms with Crippen molar-refractivity contribution in [2.24, 2.45) is 11.0 Å². The number of alkyl halides is 6. The molecule has 2 aliphatic carbocycles. The first-order chi connectivity index (χ1) is 10.7. The largest absolute Gasteiger partial charge is 0.433 e. The van der Waals surface area contributed by atoms with Crippen LogP contribution >= 0.6 is 0 Å². The third kappa shape index (κ3) is 2.85. The van der Waals surface area contributed by atoms with Crippen LogP contribution in [0.3, 0.4) is 0 Å². The molecule has 0 spiro atoms. The average molecular weight is 332 g/mol. The highest BCUT2D eigenvalue weighted by Crippen LogP contribution is 2.43. The zero-order valence-corrected chi connectivity index (χ0v) is 11.5. The van der Waals surface area contributed by atoms with Crippen LogP contribution < -0.4 is 5.43 Å². The summed E-state index contributed by atoms with van der Waals surface area (Å²) in [5.74, 6) is -1.59. The third-order valence-corrected chi connectivity index (χ3v) is 3.70. The summed E-state index contributed by atoms with van der Waals surface area (Å²) in [5, 5.41) is 2.96. The normalized spacial score (nSPS) is 24.1. The van der Waals surface area contributed by atoms with E-state index in [0.29, 0.717) is 5.57 Å². The van der Waals surface area contributed by atoms with Gasteiger partial charge in [-0.15, -0.1) is 0 Å². The number of fused-ring (bicyclic) bond motifs is 4. The van der Waals surface area contributed by atoms with E-state index in [0.717, 1.165) is 6.08 Å². The van der Waals surface area contributed by atoms with Crippen molar-refractivity contribution in [3.8, 4) is 0 Å². The summed E-state index contributed by atoms with van der Waals surface area (Å²) in [6, 6.07) is 0. The van der Waals surface area contributed by atoms with Gasteiger partial charge in [-0.1, -0.05) is 36.5 Å². The number of hydrazone groups is 1. The van der Waals surface area contributed by atoms with Gasteiger partial charge in [0.25, 0.3) is 0 Å². The van der Waals surface area contributed by atoms with Gasteiger partial charge in [-0.05, 0) is 23.1 Å². The second-order valence-electron chi connectivity index (χ2n) is 5.22. The molecule has 0 saturated heterocycles. The van der Waals surface area contributed by atoms with Crippen molar-refractivity contribution in [1.29, 1.82) is 0 Å². The molecule has 0 aromatic carbocycles. The Bertz CT molecular complexity index is 713.